The molecule has 0 atom stereocenters. The Morgan fingerprint density at radius 2 is 2.12 bits per heavy atom. The van der Waals surface area contributed by atoms with Crippen LogP contribution in [0, 0.1) is 11.7 Å². The van der Waals surface area contributed by atoms with Gasteiger partial charge < -0.3 is 0 Å². The van der Waals surface area contributed by atoms with Gasteiger partial charge in [-0.15, -0.1) is 0 Å². The highest BCUT2D eigenvalue weighted by Gasteiger charge is 2.15. The summed E-state index contributed by atoms with van der Waals surface area (Å²) in [4.78, 5) is 14.2. The van der Waals surface area contributed by atoms with Gasteiger partial charge >= 0.3 is 0 Å². The Balaban J connectivity index is 2.03. The van der Waals surface area contributed by atoms with Crippen molar-refractivity contribution in [1.29, 1.82) is 0 Å². The number of nitrogens with zero attached hydrogens (tertiary/aromatic N) is 1. The lowest BCUT2D eigenvalue weighted by Gasteiger charge is -2.21. The lowest BCUT2D eigenvalue weighted by molar-refractivity contribution is 0.111. The standard InChI is InChI=1S/C13H16FNO/c14-12-7-11(8-15-13(12)9-16)6-10-4-2-1-3-5-10/h7-10H,1-6H2. The fourth-order valence-corrected chi connectivity index (χ4v) is 2.41. The van der Waals surface area contributed by atoms with Crippen LogP contribution in [0.2, 0.25) is 0 Å². The van der Waals surface area contributed by atoms with Crippen molar-refractivity contribution in [1.82, 2.24) is 4.98 Å². The van der Waals surface area contributed by atoms with Crippen molar-refractivity contribution in [3.8, 4) is 0 Å². The molecule has 1 aromatic rings. The molecule has 0 unspecified atom stereocenters. The molecule has 1 aliphatic rings. The van der Waals surface area contributed by atoms with Gasteiger partial charge in [0.2, 0.25) is 0 Å². The van der Waals surface area contributed by atoms with Crippen molar-refractivity contribution >= 4 is 6.29 Å². The topological polar surface area (TPSA) is 30.0 Å². The third-order valence-electron chi connectivity index (χ3n) is 3.29. The maximum Gasteiger partial charge on any atom is 0.171 e. The molecule has 0 amide bonds. The molecule has 0 spiro atoms. The Kier molecular flexibility index (Phi) is 3.65. The predicted molar refractivity (Wildman–Crippen MR) is 59.9 cm³/mol. The summed E-state index contributed by atoms with van der Waals surface area (Å²) in [6.07, 6.45) is 9.34. The average Bonchev–Trinajstić information content (AvgIpc) is 2.31. The van der Waals surface area contributed by atoms with Crippen LogP contribution in [0.1, 0.15) is 48.2 Å². The van der Waals surface area contributed by atoms with E-state index in [4.69, 9.17) is 0 Å². The summed E-state index contributed by atoms with van der Waals surface area (Å²) in [5.41, 5.74) is 0.822. The first kappa shape index (κ1) is 11.2. The molecule has 0 aromatic carbocycles. The molecule has 1 saturated carbocycles. The maximum atomic E-state index is 13.3. The zero-order valence-corrected chi connectivity index (χ0v) is 9.29. The molecule has 1 fully saturated rings. The van der Waals surface area contributed by atoms with Gasteiger partial charge in [-0.1, -0.05) is 32.1 Å². The first-order valence-electron chi connectivity index (χ1n) is 5.89. The van der Waals surface area contributed by atoms with Crippen LogP contribution in [0.3, 0.4) is 0 Å². The zero-order chi connectivity index (χ0) is 11.4. The molecule has 0 radical (unpaired) electrons. The van der Waals surface area contributed by atoms with E-state index in [0.717, 1.165) is 12.0 Å². The van der Waals surface area contributed by atoms with Gasteiger partial charge in [0.15, 0.2) is 12.1 Å². The molecule has 86 valence electrons. The summed E-state index contributed by atoms with van der Waals surface area (Å²) in [6.45, 7) is 0. The fraction of sp³-hybridized carbons (Fsp3) is 0.538. The molecule has 1 aliphatic carbocycles. The Morgan fingerprint density at radius 1 is 1.38 bits per heavy atom. The summed E-state index contributed by atoms with van der Waals surface area (Å²) < 4.78 is 13.3. The van der Waals surface area contributed by atoms with Gasteiger partial charge in [-0.2, -0.15) is 0 Å². The van der Waals surface area contributed by atoms with E-state index >= 15 is 0 Å². The van der Waals surface area contributed by atoms with E-state index in [2.05, 4.69) is 4.98 Å². The molecule has 0 N–H and O–H groups in total. The van der Waals surface area contributed by atoms with Crippen LogP contribution >= 0.6 is 0 Å². The minimum Gasteiger partial charge on any atom is -0.296 e. The van der Waals surface area contributed by atoms with E-state index in [-0.39, 0.29) is 5.69 Å². The Morgan fingerprint density at radius 3 is 2.75 bits per heavy atom. The summed E-state index contributed by atoms with van der Waals surface area (Å²) in [5.74, 6) is 0.167. The molecular weight excluding hydrogens is 205 g/mol. The van der Waals surface area contributed by atoms with Gasteiger partial charge in [0.25, 0.3) is 0 Å². The third kappa shape index (κ3) is 2.65. The number of carbonyl (C=O) groups excluding carboxylic acids is 1. The van der Waals surface area contributed by atoms with E-state index in [1.165, 1.54) is 38.2 Å². The summed E-state index contributed by atoms with van der Waals surface area (Å²) in [5, 5.41) is 0. The number of aldehydes is 1. The summed E-state index contributed by atoms with van der Waals surface area (Å²) in [6, 6.07) is 1.45. The monoisotopic (exact) mass is 221 g/mol. The van der Waals surface area contributed by atoms with Gasteiger partial charge in [-0.25, -0.2) is 4.39 Å². The molecule has 2 rings (SSSR count). The van der Waals surface area contributed by atoms with Crippen LogP contribution in [0.4, 0.5) is 4.39 Å². The summed E-state index contributed by atoms with van der Waals surface area (Å²) in [7, 11) is 0. The highest BCUT2D eigenvalue weighted by atomic mass is 19.1. The van der Waals surface area contributed by atoms with Crippen LogP contribution in [-0.4, -0.2) is 11.3 Å². The van der Waals surface area contributed by atoms with Crippen molar-refractivity contribution in [2.45, 2.75) is 38.5 Å². The van der Waals surface area contributed by atoms with Crippen LogP contribution < -0.4 is 0 Å². The van der Waals surface area contributed by atoms with Gasteiger partial charge in [-0.05, 0) is 24.0 Å². The van der Waals surface area contributed by atoms with Crippen LogP contribution in [0.5, 0.6) is 0 Å². The number of carbonyl (C=O) groups is 1. The van der Waals surface area contributed by atoms with Crippen LogP contribution in [-0.2, 0) is 6.42 Å². The number of hydrogen-bond donors (Lipinski definition) is 0. The summed E-state index contributed by atoms with van der Waals surface area (Å²) >= 11 is 0. The average molecular weight is 221 g/mol. The number of rotatable bonds is 3. The van der Waals surface area contributed by atoms with Crippen LogP contribution in [0.25, 0.3) is 0 Å². The van der Waals surface area contributed by atoms with E-state index in [1.54, 1.807) is 6.20 Å². The molecule has 1 heterocycles. The minimum atomic E-state index is -0.497. The number of hydrogen-bond acceptors (Lipinski definition) is 2. The van der Waals surface area contributed by atoms with Crippen molar-refractivity contribution in [3.05, 3.63) is 29.3 Å². The van der Waals surface area contributed by atoms with Crippen molar-refractivity contribution in [2.75, 3.05) is 0 Å². The quantitative estimate of drug-likeness (QED) is 0.734. The zero-order valence-electron chi connectivity index (χ0n) is 9.29. The van der Waals surface area contributed by atoms with Gasteiger partial charge in [0, 0.05) is 6.20 Å². The maximum absolute atomic E-state index is 13.3. The Bertz CT molecular complexity index is 372. The molecule has 16 heavy (non-hydrogen) atoms. The normalized spacial score (nSPS) is 17.3. The second-order valence-electron chi connectivity index (χ2n) is 4.54. The van der Waals surface area contributed by atoms with Crippen molar-refractivity contribution < 1.29 is 9.18 Å². The fourth-order valence-electron chi connectivity index (χ4n) is 2.41. The third-order valence-corrected chi connectivity index (χ3v) is 3.29. The van der Waals surface area contributed by atoms with Crippen molar-refractivity contribution in [3.63, 3.8) is 0 Å². The predicted octanol–water partition coefficient (Wildman–Crippen LogP) is 3.16. The Hall–Kier alpha value is -1.25. The van der Waals surface area contributed by atoms with Gasteiger partial charge in [-0.3, -0.25) is 9.78 Å². The minimum absolute atomic E-state index is 0.0904. The van der Waals surface area contributed by atoms with E-state index in [1.807, 2.05) is 0 Å². The second kappa shape index (κ2) is 5.19. The Labute approximate surface area is 94.9 Å². The molecule has 0 saturated heterocycles. The lowest BCUT2D eigenvalue weighted by atomic mass is 9.85. The molecular formula is C13H16FNO. The van der Waals surface area contributed by atoms with E-state index in [0.29, 0.717) is 12.2 Å². The van der Waals surface area contributed by atoms with Crippen molar-refractivity contribution in [2.24, 2.45) is 5.92 Å². The van der Waals surface area contributed by atoms with Crippen LogP contribution in [0.15, 0.2) is 12.3 Å². The van der Waals surface area contributed by atoms with Gasteiger partial charge in [0.1, 0.15) is 5.69 Å². The van der Waals surface area contributed by atoms with Gasteiger partial charge in [0.05, 0.1) is 0 Å². The smallest absolute Gasteiger partial charge is 0.171 e. The number of halogens is 1. The first-order valence-corrected chi connectivity index (χ1v) is 5.89. The number of pyridine rings is 1. The second-order valence-corrected chi connectivity index (χ2v) is 4.54. The molecule has 0 bridgehead atoms. The SMILES string of the molecule is O=Cc1ncc(CC2CCCCC2)cc1F. The lowest BCUT2D eigenvalue weighted by Crippen LogP contribution is -2.10. The molecule has 0 aliphatic heterocycles. The largest absolute Gasteiger partial charge is 0.296 e. The van der Waals surface area contributed by atoms with E-state index < -0.39 is 5.82 Å². The van der Waals surface area contributed by atoms with E-state index in [9.17, 15) is 9.18 Å². The first-order chi connectivity index (χ1) is 7.79. The molecule has 2 nitrogen and oxygen atoms in total. The number of aromatic nitrogens is 1. The highest BCUT2D eigenvalue weighted by Crippen LogP contribution is 2.26. The molecule has 1 aromatic heterocycles. The highest BCUT2D eigenvalue weighted by molar-refractivity contribution is 5.71. The molecule has 3 heteroatoms.